The van der Waals surface area contributed by atoms with Crippen LogP contribution in [0, 0.1) is 6.92 Å². The summed E-state index contributed by atoms with van der Waals surface area (Å²) in [7, 11) is 1.68. The number of anilines is 2. The Morgan fingerprint density at radius 2 is 1.71 bits per heavy atom. The normalized spacial score (nSPS) is 10.5. The van der Waals surface area contributed by atoms with Crippen LogP contribution >= 0.6 is 0 Å². The zero-order chi connectivity index (χ0) is 17.4. The SMILES string of the molecule is CCNc1ccc(C)c(N)c1.CN=Nc1ccc2ccccc2c1. The molecule has 0 amide bonds. The quantitative estimate of drug-likeness (QED) is 0.490. The lowest BCUT2D eigenvalue weighted by molar-refractivity contribution is 1.17. The highest BCUT2D eigenvalue weighted by Crippen LogP contribution is 2.20. The molecule has 0 aliphatic carbocycles. The highest BCUT2D eigenvalue weighted by Gasteiger charge is 1.94. The molecule has 0 spiro atoms. The fourth-order valence-corrected chi connectivity index (χ4v) is 2.31. The molecule has 0 saturated heterocycles. The largest absolute Gasteiger partial charge is 0.398 e. The van der Waals surface area contributed by atoms with Gasteiger partial charge in [0.15, 0.2) is 0 Å². The lowest BCUT2D eigenvalue weighted by Crippen LogP contribution is -1.98. The van der Waals surface area contributed by atoms with Gasteiger partial charge in [-0.2, -0.15) is 10.2 Å². The molecule has 0 unspecified atom stereocenters. The molecule has 0 atom stereocenters. The van der Waals surface area contributed by atoms with Gasteiger partial charge in [0.25, 0.3) is 0 Å². The van der Waals surface area contributed by atoms with Crippen molar-refractivity contribution >= 4 is 27.8 Å². The van der Waals surface area contributed by atoms with E-state index in [-0.39, 0.29) is 0 Å². The van der Waals surface area contributed by atoms with E-state index in [2.05, 4.69) is 40.7 Å². The summed E-state index contributed by atoms with van der Waals surface area (Å²) in [6.45, 7) is 5.00. The van der Waals surface area contributed by atoms with Gasteiger partial charge in [-0.05, 0) is 54.4 Å². The molecular weight excluding hydrogens is 296 g/mol. The van der Waals surface area contributed by atoms with E-state index in [1.54, 1.807) is 7.05 Å². The lowest BCUT2D eigenvalue weighted by atomic mass is 10.1. The van der Waals surface area contributed by atoms with Crippen molar-refractivity contribution in [1.29, 1.82) is 0 Å². The van der Waals surface area contributed by atoms with Crippen LogP contribution in [-0.4, -0.2) is 13.6 Å². The molecule has 3 rings (SSSR count). The van der Waals surface area contributed by atoms with Gasteiger partial charge in [-0.3, -0.25) is 0 Å². The van der Waals surface area contributed by atoms with Gasteiger partial charge in [-0.1, -0.05) is 36.4 Å². The Bertz CT molecular complexity index is 825. The Labute approximate surface area is 143 Å². The highest BCUT2D eigenvalue weighted by atomic mass is 15.1. The summed E-state index contributed by atoms with van der Waals surface area (Å²) in [6, 6.07) is 20.3. The average Bonchev–Trinajstić information content (AvgIpc) is 2.59. The number of rotatable bonds is 3. The molecule has 4 nitrogen and oxygen atoms in total. The maximum absolute atomic E-state index is 5.71. The molecule has 0 aliphatic heterocycles. The predicted octanol–water partition coefficient (Wildman–Crippen LogP) is 5.56. The molecule has 0 aliphatic rings. The fourth-order valence-electron chi connectivity index (χ4n) is 2.31. The zero-order valence-electron chi connectivity index (χ0n) is 14.5. The number of nitrogens with two attached hydrogens (primary N) is 1. The summed E-state index contributed by atoms with van der Waals surface area (Å²) in [6.07, 6.45) is 0. The Morgan fingerprint density at radius 3 is 2.38 bits per heavy atom. The maximum atomic E-state index is 5.71. The van der Waals surface area contributed by atoms with Gasteiger partial charge in [-0.25, -0.2) is 0 Å². The van der Waals surface area contributed by atoms with Crippen molar-refractivity contribution in [3.8, 4) is 0 Å². The second-order valence-corrected chi connectivity index (χ2v) is 5.43. The molecule has 0 saturated carbocycles. The summed E-state index contributed by atoms with van der Waals surface area (Å²) in [5, 5.41) is 13.4. The first-order valence-corrected chi connectivity index (χ1v) is 8.02. The summed E-state index contributed by atoms with van der Waals surface area (Å²) >= 11 is 0. The molecule has 4 heteroatoms. The number of nitrogens with one attached hydrogen (secondary N) is 1. The molecule has 0 radical (unpaired) electrons. The van der Waals surface area contributed by atoms with Gasteiger partial charge < -0.3 is 11.1 Å². The van der Waals surface area contributed by atoms with Crippen molar-refractivity contribution in [3.05, 3.63) is 66.2 Å². The predicted molar refractivity (Wildman–Crippen MR) is 104 cm³/mol. The third-order valence-corrected chi connectivity index (χ3v) is 3.61. The Kier molecular flexibility index (Phi) is 6.32. The van der Waals surface area contributed by atoms with E-state index >= 15 is 0 Å². The molecule has 24 heavy (non-hydrogen) atoms. The van der Waals surface area contributed by atoms with Gasteiger partial charge in [0, 0.05) is 25.0 Å². The number of nitrogens with zero attached hydrogens (tertiary/aromatic N) is 2. The Balaban J connectivity index is 0.000000177. The van der Waals surface area contributed by atoms with Crippen LogP contribution in [-0.2, 0) is 0 Å². The van der Waals surface area contributed by atoms with E-state index in [9.17, 15) is 0 Å². The number of fused-ring (bicyclic) bond motifs is 1. The maximum Gasteiger partial charge on any atom is 0.0858 e. The van der Waals surface area contributed by atoms with Crippen molar-refractivity contribution in [1.82, 2.24) is 0 Å². The molecule has 0 aromatic heterocycles. The van der Waals surface area contributed by atoms with Crippen LogP contribution in [0.1, 0.15) is 12.5 Å². The summed E-state index contributed by atoms with van der Waals surface area (Å²) < 4.78 is 0. The van der Waals surface area contributed by atoms with Crippen molar-refractivity contribution < 1.29 is 0 Å². The smallest absolute Gasteiger partial charge is 0.0858 e. The number of hydrogen-bond acceptors (Lipinski definition) is 4. The summed E-state index contributed by atoms with van der Waals surface area (Å²) in [5.41, 5.74) is 9.69. The zero-order valence-corrected chi connectivity index (χ0v) is 14.5. The molecule has 3 aromatic rings. The molecule has 124 valence electrons. The monoisotopic (exact) mass is 320 g/mol. The molecule has 0 heterocycles. The Morgan fingerprint density at radius 1 is 0.958 bits per heavy atom. The van der Waals surface area contributed by atoms with Gasteiger partial charge in [0.1, 0.15) is 0 Å². The van der Waals surface area contributed by atoms with Crippen LogP contribution in [0.15, 0.2) is 70.9 Å². The minimum Gasteiger partial charge on any atom is -0.398 e. The van der Waals surface area contributed by atoms with E-state index in [1.807, 2.05) is 49.4 Å². The molecular formula is C20H24N4. The first-order chi connectivity index (χ1) is 11.6. The highest BCUT2D eigenvalue weighted by molar-refractivity contribution is 5.84. The minimum atomic E-state index is 0.850. The summed E-state index contributed by atoms with van der Waals surface area (Å²) in [5.74, 6) is 0. The number of azo groups is 1. The van der Waals surface area contributed by atoms with E-state index in [1.165, 1.54) is 10.8 Å². The van der Waals surface area contributed by atoms with Crippen LogP contribution < -0.4 is 11.1 Å². The number of benzene rings is 3. The van der Waals surface area contributed by atoms with Gasteiger partial charge in [0.05, 0.1) is 5.69 Å². The van der Waals surface area contributed by atoms with Crippen molar-refractivity contribution in [2.45, 2.75) is 13.8 Å². The van der Waals surface area contributed by atoms with Crippen LogP contribution in [0.5, 0.6) is 0 Å². The van der Waals surface area contributed by atoms with Gasteiger partial charge in [0.2, 0.25) is 0 Å². The average molecular weight is 320 g/mol. The van der Waals surface area contributed by atoms with Crippen LogP contribution in [0.3, 0.4) is 0 Å². The van der Waals surface area contributed by atoms with E-state index in [0.717, 1.165) is 29.2 Å². The third kappa shape index (κ3) is 4.81. The molecule has 0 fully saturated rings. The van der Waals surface area contributed by atoms with E-state index < -0.39 is 0 Å². The fraction of sp³-hybridized carbons (Fsp3) is 0.200. The first kappa shape index (κ1) is 17.5. The topological polar surface area (TPSA) is 62.8 Å². The van der Waals surface area contributed by atoms with Crippen LogP contribution in [0.2, 0.25) is 0 Å². The third-order valence-electron chi connectivity index (χ3n) is 3.61. The second kappa shape index (κ2) is 8.67. The van der Waals surface area contributed by atoms with Crippen LogP contribution in [0.4, 0.5) is 17.1 Å². The lowest BCUT2D eigenvalue weighted by Gasteiger charge is -2.05. The number of hydrogen-bond donors (Lipinski definition) is 2. The first-order valence-electron chi connectivity index (χ1n) is 8.02. The Hall–Kier alpha value is -2.88. The van der Waals surface area contributed by atoms with Crippen molar-refractivity contribution in [2.24, 2.45) is 10.2 Å². The summed E-state index contributed by atoms with van der Waals surface area (Å²) in [4.78, 5) is 0. The number of nitrogen functional groups attached to an aromatic ring is 1. The van der Waals surface area contributed by atoms with Crippen molar-refractivity contribution in [2.75, 3.05) is 24.6 Å². The van der Waals surface area contributed by atoms with Gasteiger partial charge in [-0.15, -0.1) is 0 Å². The molecule has 3 aromatic carbocycles. The standard InChI is InChI=1S/C11H10N2.C9H14N2/c1-12-13-11-7-6-9-4-2-3-5-10(9)8-11;1-3-11-8-5-4-7(2)9(10)6-8/h2-8H,1H3;4-6,11H,3,10H2,1-2H3. The van der Waals surface area contributed by atoms with Crippen molar-refractivity contribution in [3.63, 3.8) is 0 Å². The second-order valence-electron chi connectivity index (χ2n) is 5.43. The van der Waals surface area contributed by atoms with E-state index in [4.69, 9.17) is 5.73 Å². The molecule has 3 N–H and O–H groups in total. The van der Waals surface area contributed by atoms with Gasteiger partial charge >= 0.3 is 0 Å². The van der Waals surface area contributed by atoms with Crippen LogP contribution in [0.25, 0.3) is 10.8 Å². The molecule has 0 bridgehead atoms. The number of aryl methyl sites for hydroxylation is 1. The van der Waals surface area contributed by atoms with E-state index in [0.29, 0.717) is 0 Å². The minimum absolute atomic E-state index is 0.850.